The zero-order valence-electron chi connectivity index (χ0n) is 12.9. The summed E-state index contributed by atoms with van der Waals surface area (Å²) in [6, 6.07) is 9.49. The first-order valence-corrected chi connectivity index (χ1v) is 7.71. The number of benzene rings is 1. The largest absolute Gasteiger partial charge is 0.504 e. The van der Waals surface area contributed by atoms with Gasteiger partial charge in [0.25, 0.3) is 0 Å². The molecule has 1 aliphatic heterocycles. The standard InChI is InChI=1S/C18H17N3O2/c1-12(22)21-9-2-4-14-10-13(6-7-16(14)21)15-11-20-8-3-5-17(23)18(20)19-15/h3,5-8,10-11,23H,2,4,9H2,1H3. The van der Waals surface area contributed by atoms with Gasteiger partial charge in [0, 0.05) is 37.1 Å². The van der Waals surface area contributed by atoms with Crippen molar-refractivity contribution in [2.75, 3.05) is 11.4 Å². The first-order chi connectivity index (χ1) is 11.1. The smallest absolute Gasteiger partial charge is 0.223 e. The second-order valence-electron chi connectivity index (χ2n) is 5.87. The lowest BCUT2D eigenvalue weighted by atomic mass is 9.98. The molecule has 0 atom stereocenters. The Morgan fingerprint density at radius 1 is 1.30 bits per heavy atom. The van der Waals surface area contributed by atoms with Crippen molar-refractivity contribution in [3.8, 4) is 17.0 Å². The number of hydrogen-bond acceptors (Lipinski definition) is 3. The number of amides is 1. The van der Waals surface area contributed by atoms with Crippen molar-refractivity contribution in [2.45, 2.75) is 19.8 Å². The molecule has 0 bridgehead atoms. The maximum Gasteiger partial charge on any atom is 0.223 e. The van der Waals surface area contributed by atoms with Gasteiger partial charge < -0.3 is 14.4 Å². The number of pyridine rings is 1. The molecule has 0 fully saturated rings. The van der Waals surface area contributed by atoms with Crippen molar-refractivity contribution in [2.24, 2.45) is 0 Å². The summed E-state index contributed by atoms with van der Waals surface area (Å²) in [7, 11) is 0. The topological polar surface area (TPSA) is 57.8 Å². The molecule has 0 saturated heterocycles. The van der Waals surface area contributed by atoms with Crippen molar-refractivity contribution < 1.29 is 9.90 Å². The summed E-state index contributed by atoms with van der Waals surface area (Å²) < 4.78 is 1.81. The molecule has 5 heteroatoms. The average Bonchev–Trinajstić information content (AvgIpc) is 2.99. The van der Waals surface area contributed by atoms with Crippen molar-refractivity contribution in [1.82, 2.24) is 9.38 Å². The van der Waals surface area contributed by atoms with Gasteiger partial charge in [-0.05, 0) is 42.7 Å². The van der Waals surface area contributed by atoms with E-state index in [1.807, 2.05) is 33.8 Å². The van der Waals surface area contributed by atoms with E-state index in [-0.39, 0.29) is 11.7 Å². The number of aryl methyl sites for hydroxylation is 1. The van der Waals surface area contributed by atoms with E-state index in [0.29, 0.717) is 5.65 Å². The molecule has 2 aromatic heterocycles. The third-order valence-corrected chi connectivity index (χ3v) is 4.34. The molecule has 3 aromatic rings. The summed E-state index contributed by atoms with van der Waals surface area (Å²) >= 11 is 0. The van der Waals surface area contributed by atoms with Crippen LogP contribution in [0.25, 0.3) is 16.9 Å². The fourth-order valence-electron chi connectivity index (χ4n) is 3.22. The first kappa shape index (κ1) is 13.8. The van der Waals surface area contributed by atoms with Crippen LogP contribution in [-0.4, -0.2) is 26.9 Å². The highest BCUT2D eigenvalue weighted by Crippen LogP contribution is 2.32. The van der Waals surface area contributed by atoms with Crippen molar-refractivity contribution in [1.29, 1.82) is 0 Å². The van der Waals surface area contributed by atoms with Gasteiger partial charge in [0.2, 0.25) is 5.91 Å². The van der Waals surface area contributed by atoms with Crippen LogP contribution in [-0.2, 0) is 11.2 Å². The number of aromatic hydroxyl groups is 1. The third kappa shape index (κ3) is 2.25. The van der Waals surface area contributed by atoms with Gasteiger partial charge in [0.05, 0.1) is 5.69 Å². The third-order valence-electron chi connectivity index (χ3n) is 4.34. The van der Waals surface area contributed by atoms with Gasteiger partial charge >= 0.3 is 0 Å². The molecule has 0 spiro atoms. The van der Waals surface area contributed by atoms with Gasteiger partial charge in [-0.25, -0.2) is 4.98 Å². The van der Waals surface area contributed by atoms with Crippen LogP contribution in [0.3, 0.4) is 0 Å². The number of hydrogen-bond donors (Lipinski definition) is 1. The molecule has 5 nitrogen and oxygen atoms in total. The minimum absolute atomic E-state index is 0.0800. The van der Waals surface area contributed by atoms with E-state index in [1.165, 1.54) is 5.56 Å². The molecule has 1 amide bonds. The molecular weight excluding hydrogens is 290 g/mol. The zero-order valence-corrected chi connectivity index (χ0v) is 12.9. The predicted octanol–water partition coefficient (Wildman–Crippen LogP) is 3.01. The number of carbonyl (C=O) groups excluding carboxylic acids is 1. The van der Waals surface area contributed by atoms with E-state index in [0.717, 1.165) is 36.3 Å². The SMILES string of the molecule is CC(=O)N1CCCc2cc(-c3cn4cccc(O)c4n3)ccc21. The van der Waals surface area contributed by atoms with Crippen LogP contribution in [0.15, 0.2) is 42.7 Å². The molecule has 0 radical (unpaired) electrons. The lowest BCUT2D eigenvalue weighted by Crippen LogP contribution is -2.33. The Hall–Kier alpha value is -2.82. The number of anilines is 1. The normalized spacial score (nSPS) is 14.0. The highest BCUT2D eigenvalue weighted by molar-refractivity contribution is 5.93. The lowest BCUT2D eigenvalue weighted by Gasteiger charge is -2.28. The molecule has 0 unspecified atom stereocenters. The van der Waals surface area contributed by atoms with Crippen LogP contribution in [0.5, 0.6) is 5.75 Å². The molecule has 1 N–H and O–H groups in total. The Bertz CT molecular complexity index is 914. The van der Waals surface area contributed by atoms with Crippen LogP contribution in [0.2, 0.25) is 0 Å². The van der Waals surface area contributed by atoms with Crippen molar-refractivity contribution in [3.63, 3.8) is 0 Å². The second-order valence-corrected chi connectivity index (χ2v) is 5.87. The van der Waals surface area contributed by atoms with Gasteiger partial charge in [-0.2, -0.15) is 0 Å². The van der Waals surface area contributed by atoms with Crippen LogP contribution in [0, 0.1) is 0 Å². The van der Waals surface area contributed by atoms with Crippen LogP contribution < -0.4 is 4.90 Å². The molecular formula is C18H17N3O2. The quantitative estimate of drug-likeness (QED) is 0.752. The molecule has 0 saturated carbocycles. The van der Waals surface area contributed by atoms with Gasteiger partial charge in [-0.15, -0.1) is 0 Å². The molecule has 4 rings (SSSR count). The molecule has 3 heterocycles. The number of rotatable bonds is 1. The van der Waals surface area contributed by atoms with Crippen LogP contribution in [0.1, 0.15) is 18.9 Å². The van der Waals surface area contributed by atoms with E-state index in [9.17, 15) is 9.90 Å². The number of imidazole rings is 1. The maximum absolute atomic E-state index is 11.8. The Morgan fingerprint density at radius 3 is 2.96 bits per heavy atom. The minimum Gasteiger partial charge on any atom is -0.504 e. The van der Waals surface area contributed by atoms with Gasteiger partial charge in [-0.3, -0.25) is 4.79 Å². The Labute approximate surface area is 133 Å². The first-order valence-electron chi connectivity index (χ1n) is 7.71. The number of nitrogens with zero attached hydrogens (tertiary/aromatic N) is 3. The lowest BCUT2D eigenvalue weighted by molar-refractivity contribution is -0.116. The minimum atomic E-state index is 0.0800. The summed E-state index contributed by atoms with van der Waals surface area (Å²) in [5, 5.41) is 9.89. The molecule has 0 aliphatic carbocycles. The van der Waals surface area contributed by atoms with Gasteiger partial charge in [0.1, 0.15) is 0 Å². The molecule has 23 heavy (non-hydrogen) atoms. The molecule has 1 aromatic carbocycles. The predicted molar refractivity (Wildman–Crippen MR) is 88.6 cm³/mol. The molecule has 116 valence electrons. The zero-order chi connectivity index (χ0) is 16.0. The van der Waals surface area contributed by atoms with E-state index in [2.05, 4.69) is 11.1 Å². The summed E-state index contributed by atoms with van der Waals surface area (Å²) in [6.45, 7) is 2.39. The highest BCUT2D eigenvalue weighted by atomic mass is 16.3. The van der Waals surface area contributed by atoms with Gasteiger partial charge in [0.15, 0.2) is 11.4 Å². The van der Waals surface area contributed by atoms with E-state index in [4.69, 9.17) is 0 Å². The Kier molecular flexibility index (Phi) is 3.08. The monoisotopic (exact) mass is 307 g/mol. The van der Waals surface area contributed by atoms with E-state index >= 15 is 0 Å². The van der Waals surface area contributed by atoms with E-state index < -0.39 is 0 Å². The van der Waals surface area contributed by atoms with Crippen LogP contribution >= 0.6 is 0 Å². The van der Waals surface area contributed by atoms with E-state index in [1.54, 1.807) is 19.1 Å². The summed E-state index contributed by atoms with van der Waals surface area (Å²) in [6.07, 6.45) is 5.71. The molecule has 1 aliphatic rings. The Morgan fingerprint density at radius 2 is 2.17 bits per heavy atom. The van der Waals surface area contributed by atoms with Crippen molar-refractivity contribution >= 4 is 17.2 Å². The van der Waals surface area contributed by atoms with Crippen LogP contribution in [0.4, 0.5) is 5.69 Å². The summed E-state index contributed by atoms with van der Waals surface area (Å²) in [5.74, 6) is 0.246. The fourth-order valence-corrected chi connectivity index (χ4v) is 3.22. The fraction of sp³-hybridized carbons (Fsp3) is 0.222. The van der Waals surface area contributed by atoms with Crippen molar-refractivity contribution in [3.05, 3.63) is 48.3 Å². The maximum atomic E-state index is 11.8. The number of carbonyl (C=O) groups is 1. The second kappa shape index (κ2) is 5.12. The number of fused-ring (bicyclic) bond motifs is 2. The average molecular weight is 307 g/mol. The highest BCUT2D eigenvalue weighted by Gasteiger charge is 2.20. The Balaban J connectivity index is 1.80. The number of aromatic nitrogens is 2. The van der Waals surface area contributed by atoms with Gasteiger partial charge in [-0.1, -0.05) is 6.07 Å². The summed E-state index contributed by atoms with van der Waals surface area (Å²) in [4.78, 5) is 18.1. The summed E-state index contributed by atoms with van der Waals surface area (Å²) in [5.41, 5.74) is 4.53.